The molecule has 0 unspecified atom stereocenters. The van der Waals surface area contributed by atoms with Gasteiger partial charge in [0.25, 0.3) is 0 Å². The van der Waals surface area contributed by atoms with E-state index in [0.717, 1.165) is 5.56 Å². The summed E-state index contributed by atoms with van der Waals surface area (Å²) in [4.78, 5) is 9.43. The lowest BCUT2D eigenvalue weighted by Gasteiger charge is -2.17. The number of nitrogens with two attached hydrogens (primary N) is 1. The molecule has 0 amide bonds. The molecule has 160 valence electrons. The van der Waals surface area contributed by atoms with Gasteiger partial charge < -0.3 is 10.3 Å². The fourth-order valence-electron chi connectivity index (χ4n) is 3.95. The molecule has 0 saturated carbocycles. The number of fused-ring (bicyclic) bond motifs is 2. The van der Waals surface area contributed by atoms with E-state index >= 15 is 0 Å². The first-order valence-electron chi connectivity index (χ1n) is 9.99. The molecule has 3 aromatic carbocycles. The second-order valence-corrected chi connectivity index (χ2v) is 9.84. The van der Waals surface area contributed by atoms with Crippen LogP contribution in [0.3, 0.4) is 0 Å². The van der Waals surface area contributed by atoms with E-state index in [2.05, 4.69) is 4.98 Å². The molecule has 8 heteroatoms. The summed E-state index contributed by atoms with van der Waals surface area (Å²) in [5, 5.41) is 0.322. The molecule has 6 nitrogen and oxygen atoms in total. The lowest BCUT2D eigenvalue weighted by Crippen LogP contribution is -2.12. The zero-order valence-electron chi connectivity index (χ0n) is 17.1. The molecule has 0 saturated heterocycles. The molecule has 0 fully saturated rings. The number of rotatable bonds is 4. The third-order valence-electron chi connectivity index (χ3n) is 5.53. The maximum absolute atomic E-state index is 13.7. The van der Waals surface area contributed by atoms with Crippen molar-refractivity contribution in [2.75, 3.05) is 5.73 Å². The lowest BCUT2D eigenvalue weighted by molar-refractivity contribution is 0.596. The van der Waals surface area contributed by atoms with Crippen LogP contribution in [0.5, 0.6) is 0 Å². The molecular weight excluding hydrogens is 444 g/mol. The third-order valence-corrected chi connectivity index (χ3v) is 7.58. The number of aromatic nitrogens is 3. The maximum atomic E-state index is 13.7. The van der Waals surface area contributed by atoms with Crippen molar-refractivity contribution < 1.29 is 8.42 Å². The zero-order valence-corrected chi connectivity index (χ0v) is 18.7. The summed E-state index contributed by atoms with van der Waals surface area (Å²) < 4.78 is 29.2. The fraction of sp³-hybridized carbons (Fsp3) is 0.0833. The Hall–Kier alpha value is -3.42. The van der Waals surface area contributed by atoms with E-state index in [0.29, 0.717) is 21.7 Å². The number of hydrogen-bond acceptors (Lipinski definition) is 5. The molecule has 1 atom stereocenters. The maximum Gasteiger partial charge on any atom is 0.212 e. The molecule has 0 aliphatic carbocycles. The highest BCUT2D eigenvalue weighted by molar-refractivity contribution is 7.92. The molecule has 0 spiro atoms. The number of nitrogens with zero attached hydrogens (tertiary/aromatic N) is 3. The Bertz CT molecular complexity index is 1580. The van der Waals surface area contributed by atoms with Gasteiger partial charge in [0.2, 0.25) is 9.84 Å². The van der Waals surface area contributed by atoms with E-state index in [1.165, 1.54) is 12.1 Å². The Labute approximate surface area is 190 Å². The van der Waals surface area contributed by atoms with Crippen LogP contribution >= 0.6 is 11.6 Å². The number of anilines is 1. The molecule has 2 aromatic heterocycles. The Morgan fingerprint density at radius 1 is 0.906 bits per heavy atom. The van der Waals surface area contributed by atoms with Gasteiger partial charge in [-0.3, -0.25) is 0 Å². The number of sulfone groups is 1. The molecule has 0 bridgehead atoms. The van der Waals surface area contributed by atoms with Crippen molar-refractivity contribution in [1.29, 1.82) is 0 Å². The Morgan fingerprint density at radius 3 is 2.25 bits per heavy atom. The average Bonchev–Trinajstić information content (AvgIpc) is 3.08. The average molecular weight is 463 g/mol. The van der Waals surface area contributed by atoms with Crippen LogP contribution in [0.15, 0.2) is 88.7 Å². The second-order valence-electron chi connectivity index (χ2n) is 7.52. The fourth-order valence-corrected chi connectivity index (χ4v) is 5.74. The summed E-state index contributed by atoms with van der Waals surface area (Å²) in [6.45, 7) is 1.96. The van der Waals surface area contributed by atoms with Gasteiger partial charge in [-0.05, 0) is 42.8 Å². The second kappa shape index (κ2) is 7.62. The van der Waals surface area contributed by atoms with Gasteiger partial charge in [0.15, 0.2) is 5.65 Å². The monoisotopic (exact) mass is 462 g/mol. The first kappa shape index (κ1) is 20.5. The van der Waals surface area contributed by atoms with E-state index in [1.54, 1.807) is 22.8 Å². The summed E-state index contributed by atoms with van der Waals surface area (Å²) >= 11 is 6.08. The van der Waals surface area contributed by atoms with Gasteiger partial charge in [-0.1, -0.05) is 60.1 Å². The molecule has 5 rings (SSSR count). The van der Waals surface area contributed by atoms with E-state index < -0.39 is 9.84 Å². The van der Waals surface area contributed by atoms with Crippen LogP contribution in [0, 0.1) is 0 Å². The van der Waals surface area contributed by atoms with Crippen LogP contribution in [0.1, 0.15) is 18.5 Å². The Morgan fingerprint density at radius 2 is 1.56 bits per heavy atom. The van der Waals surface area contributed by atoms with Gasteiger partial charge >= 0.3 is 0 Å². The van der Waals surface area contributed by atoms with Crippen molar-refractivity contribution in [1.82, 2.24) is 14.5 Å². The minimum absolute atomic E-state index is 0.0538. The number of nitrogen functional groups attached to an aromatic ring is 1. The van der Waals surface area contributed by atoms with Crippen molar-refractivity contribution in [3.05, 3.63) is 89.4 Å². The highest BCUT2D eigenvalue weighted by Crippen LogP contribution is 2.38. The third kappa shape index (κ3) is 3.21. The number of benzene rings is 3. The van der Waals surface area contributed by atoms with Crippen molar-refractivity contribution >= 4 is 49.5 Å². The summed E-state index contributed by atoms with van der Waals surface area (Å²) in [6.07, 6.45) is 0. The van der Waals surface area contributed by atoms with Crippen LogP contribution in [-0.4, -0.2) is 23.0 Å². The molecule has 0 radical (unpaired) electrons. The molecule has 0 aliphatic rings. The SMILES string of the molecule is C[C@@H](c1ccccc1)n1c(N)c(S(=O)(=O)c2cccc(Cl)c2)c2nc3ccccc3nc21. The van der Waals surface area contributed by atoms with Gasteiger partial charge in [0, 0.05) is 5.02 Å². The van der Waals surface area contributed by atoms with E-state index in [-0.39, 0.29) is 27.2 Å². The summed E-state index contributed by atoms with van der Waals surface area (Å²) in [5.41, 5.74) is 9.42. The summed E-state index contributed by atoms with van der Waals surface area (Å²) in [5.74, 6) is 0.0895. The van der Waals surface area contributed by atoms with Crippen molar-refractivity contribution in [2.24, 2.45) is 0 Å². The smallest absolute Gasteiger partial charge is 0.212 e. The molecule has 0 aliphatic heterocycles. The van der Waals surface area contributed by atoms with E-state index in [9.17, 15) is 8.42 Å². The number of halogens is 1. The summed E-state index contributed by atoms with van der Waals surface area (Å²) in [7, 11) is -4.02. The van der Waals surface area contributed by atoms with E-state index in [4.69, 9.17) is 22.3 Å². The van der Waals surface area contributed by atoms with Crippen LogP contribution in [0.4, 0.5) is 5.82 Å². The van der Waals surface area contributed by atoms with Crippen molar-refractivity contribution in [3.63, 3.8) is 0 Å². The molecule has 2 N–H and O–H groups in total. The van der Waals surface area contributed by atoms with Crippen LogP contribution in [-0.2, 0) is 9.84 Å². The molecule has 5 aromatic rings. The van der Waals surface area contributed by atoms with Gasteiger partial charge in [-0.15, -0.1) is 0 Å². The van der Waals surface area contributed by atoms with Gasteiger partial charge in [0.1, 0.15) is 16.2 Å². The lowest BCUT2D eigenvalue weighted by atomic mass is 10.1. The molecular formula is C24H19ClN4O2S. The quantitative estimate of drug-likeness (QED) is 0.393. The first-order chi connectivity index (χ1) is 15.4. The van der Waals surface area contributed by atoms with E-state index in [1.807, 2.05) is 55.5 Å². The van der Waals surface area contributed by atoms with Gasteiger partial charge in [0.05, 0.1) is 22.0 Å². The molecule has 2 heterocycles. The predicted octanol–water partition coefficient (Wildman–Crippen LogP) is 5.26. The standard InChI is InChI=1S/C24H19ClN4O2S/c1-15(16-8-3-2-4-9-16)29-23(26)22(32(30,31)18-11-7-10-17(25)14-18)21-24(29)28-20-13-6-5-12-19(20)27-21/h2-15H,26H2,1H3/t15-/m0/s1. The van der Waals surface area contributed by atoms with Crippen molar-refractivity contribution in [2.45, 2.75) is 22.8 Å². The first-order valence-corrected chi connectivity index (χ1v) is 11.9. The largest absolute Gasteiger partial charge is 0.384 e. The molecule has 32 heavy (non-hydrogen) atoms. The Balaban J connectivity index is 1.87. The number of para-hydroxylation sites is 2. The Kier molecular flexibility index (Phi) is 4.87. The highest BCUT2D eigenvalue weighted by Gasteiger charge is 2.32. The minimum Gasteiger partial charge on any atom is -0.384 e. The number of hydrogen-bond donors (Lipinski definition) is 1. The predicted molar refractivity (Wildman–Crippen MR) is 127 cm³/mol. The van der Waals surface area contributed by atoms with Gasteiger partial charge in [-0.25, -0.2) is 18.4 Å². The zero-order chi connectivity index (χ0) is 22.5. The van der Waals surface area contributed by atoms with Crippen LogP contribution in [0.2, 0.25) is 5.02 Å². The van der Waals surface area contributed by atoms with Gasteiger partial charge in [-0.2, -0.15) is 0 Å². The topological polar surface area (TPSA) is 90.9 Å². The van der Waals surface area contributed by atoms with Crippen LogP contribution < -0.4 is 5.73 Å². The minimum atomic E-state index is -4.02. The summed E-state index contributed by atoms with van der Waals surface area (Å²) in [6, 6.07) is 22.9. The van der Waals surface area contributed by atoms with Crippen LogP contribution in [0.25, 0.3) is 22.2 Å². The highest BCUT2D eigenvalue weighted by atomic mass is 35.5. The van der Waals surface area contributed by atoms with Crippen molar-refractivity contribution in [3.8, 4) is 0 Å². The normalized spacial score (nSPS) is 12.9.